The second-order valence-electron chi connectivity index (χ2n) is 6.51. The van der Waals surface area contributed by atoms with Gasteiger partial charge in [-0.2, -0.15) is 0 Å². The molecule has 150 valence electrons. The summed E-state index contributed by atoms with van der Waals surface area (Å²) in [6.45, 7) is 1.75. The lowest BCUT2D eigenvalue weighted by molar-refractivity contribution is 0.0601. The minimum Gasteiger partial charge on any atom is -0.508 e. The van der Waals surface area contributed by atoms with Crippen LogP contribution in [0.5, 0.6) is 5.75 Å². The van der Waals surface area contributed by atoms with Crippen molar-refractivity contribution >= 4 is 21.7 Å². The zero-order valence-corrected chi connectivity index (χ0v) is 17.1. The molecular weight excluding hydrogens is 390 g/mol. The Labute approximate surface area is 170 Å². The third-order valence-corrected chi connectivity index (χ3v) is 6.39. The average molecular weight is 411 g/mol. The van der Waals surface area contributed by atoms with Crippen LogP contribution in [0.2, 0.25) is 0 Å². The van der Waals surface area contributed by atoms with Gasteiger partial charge in [-0.3, -0.25) is 4.31 Å². The summed E-state index contributed by atoms with van der Waals surface area (Å²) in [5.74, 6) is -0.668. The zero-order valence-electron chi connectivity index (χ0n) is 16.3. The maximum Gasteiger partial charge on any atom is 0.340 e. The Morgan fingerprint density at radius 3 is 2.17 bits per heavy atom. The number of carbonyl (C=O) groups is 1. The first-order valence-corrected chi connectivity index (χ1v) is 10.3. The third-order valence-electron chi connectivity index (χ3n) is 4.62. The molecule has 0 heterocycles. The predicted octanol–water partition coefficient (Wildman–Crippen LogP) is 3.98. The first-order chi connectivity index (χ1) is 13.8. The second-order valence-corrected chi connectivity index (χ2v) is 8.48. The van der Waals surface area contributed by atoms with E-state index in [1.807, 2.05) is 36.4 Å². The van der Waals surface area contributed by atoms with Gasteiger partial charge in [-0.15, -0.1) is 0 Å². The van der Waals surface area contributed by atoms with Crippen LogP contribution < -0.4 is 4.31 Å². The molecule has 0 saturated heterocycles. The van der Waals surface area contributed by atoms with Gasteiger partial charge in [0.15, 0.2) is 0 Å². The summed E-state index contributed by atoms with van der Waals surface area (Å²) in [6, 6.07) is 18.2. The van der Waals surface area contributed by atoms with E-state index < -0.39 is 16.0 Å². The molecule has 0 amide bonds. The summed E-state index contributed by atoms with van der Waals surface area (Å²) in [7, 11) is -1.32. The zero-order chi connectivity index (χ0) is 21.2. The topological polar surface area (TPSA) is 83.9 Å². The normalized spacial score (nSPS) is 11.1. The van der Waals surface area contributed by atoms with Gasteiger partial charge in [0.25, 0.3) is 10.0 Å². The molecular formula is C22H21NO5S. The van der Waals surface area contributed by atoms with Crippen molar-refractivity contribution in [3.05, 3.63) is 77.9 Å². The summed E-state index contributed by atoms with van der Waals surface area (Å²) in [4.78, 5) is 12.5. The molecule has 1 N–H and O–H groups in total. The standard InChI is InChI=1S/C22H21NO5S/c1-15-13-17(16-7-5-4-6-8-16)14-20(22(25)28-3)21(15)23(2)29(26,27)19-11-9-18(24)10-12-19/h4-14,24H,1-3H3. The summed E-state index contributed by atoms with van der Waals surface area (Å²) in [6.07, 6.45) is 0. The van der Waals surface area contributed by atoms with Crippen LogP contribution in [0.3, 0.4) is 0 Å². The fraction of sp³-hybridized carbons (Fsp3) is 0.136. The van der Waals surface area contributed by atoms with E-state index in [0.717, 1.165) is 15.4 Å². The number of ether oxygens (including phenoxy) is 1. The lowest BCUT2D eigenvalue weighted by atomic mass is 9.98. The molecule has 0 bridgehead atoms. The Morgan fingerprint density at radius 1 is 0.966 bits per heavy atom. The van der Waals surface area contributed by atoms with Gasteiger partial charge in [0, 0.05) is 7.05 Å². The van der Waals surface area contributed by atoms with Crippen molar-refractivity contribution in [3.63, 3.8) is 0 Å². The van der Waals surface area contributed by atoms with Gasteiger partial charge >= 0.3 is 5.97 Å². The molecule has 0 saturated carbocycles. The number of phenolic OH excluding ortho intramolecular Hbond substituents is 1. The number of hydrogen-bond acceptors (Lipinski definition) is 5. The molecule has 3 aromatic carbocycles. The van der Waals surface area contributed by atoms with Gasteiger partial charge in [-0.05, 0) is 60.0 Å². The monoisotopic (exact) mass is 411 g/mol. The molecule has 0 atom stereocenters. The average Bonchev–Trinajstić information content (AvgIpc) is 2.73. The number of benzene rings is 3. The molecule has 29 heavy (non-hydrogen) atoms. The van der Waals surface area contributed by atoms with E-state index in [-0.39, 0.29) is 21.9 Å². The molecule has 0 spiro atoms. The maximum atomic E-state index is 13.1. The lowest BCUT2D eigenvalue weighted by Crippen LogP contribution is -2.29. The number of methoxy groups -OCH3 is 1. The first-order valence-electron chi connectivity index (χ1n) is 8.82. The van der Waals surface area contributed by atoms with Gasteiger partial charge in [0.1, 0.15) is 5.75 Å². The Kier molecular flexibility index (Phi) is 5.61. The minimum absolute atomic E-state index is 0.000140. The number of aryl methyl sites for hydroxylation is 1. The van der Waals surface area contributed by atoms with Crippen LogP contribution in [0.4, 0.5) is 5.69 Å². The van der Waals surface area contributed by atoms with Crippen molar-refractivity contribution in [1.82, 2.24) is 0 Å². The molecule has 0 fully saturated rings. The van der Waals surface area contributed by atoms with E-state index in [0.29, 0.717) is 5.56 Å². The van der Waals surface area contributed by atoms with Crippen molar-refractivity contribution in [2.24, 2.45) is 0 Å². The smallest absolute Gasteiger partial charge is 0.340 e. The highest BCUT2D eigenvalue weighted by molar-refractivity contribution is 7.92. The summed E-state index contributed by atoms with van der Waals surface area (Å²) in [5, 5.41) is 9.44. The molecule has 7 heteroatoms. The van der Waals surface area contributed by atoms with E-state index in [4.69, 9.17) is 4.74 Å². The van der Waals surface area contributed by atoms with E-state index in [9.17, 15) is 18.3 Å². The SMILES string of the molecule is COC(=O)c1cc(-c2ccccc2)cc(C)c1N(C)S(=O)(=O)c1ccc(O)cc1. The fourth-order valence-corrected chi connectivity index (χ4v) is 4.44. The minimum atomic E-state index is -3.96. The number of hydrogen-bond donors (Lipinski definition) is 1. The van der Waals surface area contributed by atoms with Crippen LogP contribution in [0.15, 0.2) is 71.6 Å². The quantitative estimate of drug-likeness (QED) is 0.642. The van der Waals surface area contributed by atoms with Gasteiger partial charge in [0.05, 0.1) is 23.3 Å². The number of carbonyl (C=O) groups excluding carboxylic acids is 1. The van der Waals surface area contributed by atoms with Crippen LogP contribution in [-0.2, 0) is 14.8 Å². The van der Waals surface area contributed by atoms with Crippen molar-refractivity contribution in [3.8, 4) is 16.9 Å². The molecule has 3 aromatic rings. The Balaban J connectivity index is 2.17. The van der Waals surface area contributed by atoms with Gasteiger partial charge < -0.3 is 9.84 Å². The molecule has 3 rings (SSSR count). The van der Waals surface area contributed by atoms with E-state index in [1.165, 1.54) is 38.4 Å². The van der Waals surface area contributed by atoms with Crippen LogP contribution in [-0.4, -0.2) is 33.7 Å². The number of sulfonamides is 1. The van der Waals surface area contributed by atoms with Crippen LogP contribution in [0.1, 0.15) is 15.9 Å². The number of nitrogens with zero attached hydrogens (tertiary/aromatic N) is 1. The first kappa shape index (κ1) is 20.4. The molecule has 0 aromatic heterocycles. The van der Waals surface area contributed by atoms with Gasteiger partial charge in [0.2, 0.25) is 0 Å². The summed E-state index contributed by atoms with van der Waals surface area (Å²) in [5.41, 5.74) is 2.68. The molecule has 0 unspecified atom stereocenters. The van der Waals surface area contributed by atoms with E-state index in [2.05, 4.69) is 0 Å². The Hall–Kier alpha value is -3.32. The van der Waals surface area contributed by atoms with E-state index in [1.54, 1.807) is 13.0 Å². The lowest BCUT2D eigenvalue weighted by Gasteiger charge is -2.24. The fourth-order valence-electron chi connectivity index (χ4n) is 3.16. The number of anilines is 1. The van der Waals surface area contributed by atoms with E-state index >= 15 is 0 Å². The highest BCUT2D eigenvalue weighted by atomic mass is 32.2. The number of phenols is 1. The largest absolute Gasteiger partial charge is 0.508 e. The van der Waals surface area contributed by atoms with Crippen LogP contribution >= 0.6 is 0 Å². The predicted molar refractivity (Wildman–Crippen MR) is 112 cm³/mol. The second kappa shape index (κ2) is 7.97. The number of aromatic hydroxyl groups is 1. The van der Waals surface area contributed by atoms with Crippen molar-refractivity contribution < 1.29 is 23.1 Å². The van der Waals surface area contributed by atoms with Crippen molar-refractivity contribution in [2.75, 3.05) is 18.5 Å². The highest BCUT2D eigenvalue weighted by Crippen LogP contribution is 2.34. The summed E-state index contributed by atoms with van der Waals surface area (Å²) >= 11 is 0. The Bertz CT molecular complexity index is 1140. The van der Waals surface area contributed by atoms with Crippen molar-refractivity contribution in [2.45, 2.75) is 11.8 Å². The molecule has 0 aliphatic carbocycles. The maximum absolute atomic E-state index is 13.1. The molecule has 6 nitrogen and oxygen atoms in total. The molecule has 0 aliphatic rings. The highest BCUT2D eigenvalue weighted by Gasteiger charge is 2.28. The molecule has 0 radical (unpaired) electrons. The third kappa shape index (κ3) is 3.95. The van der Waals surface area contributed by atoms with Gasteiger partial charge in [-0.25, -0.2) is 13.2 Å². The number of rotatable bonds is 5. The van der Waals surface area contributed by atoms with Crippen molar-refractivity contribution in [1.29, 1.82) is 0 Å². The Morgan fingerprint density at radius 2 is 1.59 bits per heavy atom. The van der Waals surface area contributed by atoms with Crippen LogP contribution in [0.25, 0.3) is 11.1 Å². The summed E-state index contributed by atoms with van der Waals surface area (Å²) < 4.78 is 32.2. The van der Waals surface area contributed by atoms with Gasteiger partial charge in [-0.1, -0.05) is 30.3 Å². The van der Waals surface area contributed by atoms with Crippen LogP contribution in [0, 0.1) is 6.92 Å². The number of esters is 1. The molecule has 0 aliphatic heterocycles.